The quantitative estimate of drug-likeness (QED) is 0.327. The minimum atomic E-state index is -0.106. The Morgan fingerprint density at radius 3 is 2.87 bits per heavy atom. The van der Waals surface area contributed by atoms with Crippen molar-refractivity contribution < 1.29 is 4.79 Å². The van der Waals surface area contributed by atoms with Crippen LogP contribution in [0.15, 0.2) is 59.3 Å². The molecule has 4 aromatic rings. The summed E-state index contributed by atoms with van der Waals surface area (Å²) in [5.74, 6) is 0.673. The Hall–Kier alpha value is -3.89. The van der Waals surface area contributed by atoms with Crippen LogP contribution in [0.25, 0.3) is 21.1 Å². The van der Waals surface area contributed by atoms with Crippen molar-refractivity contribution in [2.75, 3.05) is 37.3 Å². The van der Waals surface area contributed by atoms with Gasteiger partial charge in [-0.2, -0.15) is 0 Å². The number of nitrogens with one attached hydrogen (secondary N) is 2. The number of amides is 2. The number of aromatic nitrogens is 3. The number of hydrogen-bond acceptors (Lipinski definition) is 8. The van der Waals surface area contributed by atoms with E-state index in [1.165, 1.54) is 0 Å². The van der Waals surface area contributed by atoms with Crippen LogP contribution in [0.5, 0.6) is 0 Å². The summed E-state index contributed by atoms with van der Waals surface area (Å²) in [4.78, 5) is 36.1. The zero-order valence-electron chi connectivity index (χ0n) is 22.4. The van der Waals surface area contributed by atoms with E-state index in [1.54, 1.807) is 17.7 Å². The zero-order chi connectivity index (χ0) is 26.9. The first-order valence-electron chi connectivity index (χ1n) is 13.4. The van der Waals surface area contributed by atoms with E-state index < -0.39 is 0 Å². The van der Waals surface area contributed by atoms with Crippen LogP contribution in [0.4, 0.5) is 22.0 Å². The fourth-order valence-corrected chi connectivity index (χ4v) is 6.02. The normalized spacial score (nSPS) is 19.6. The number of benzene rings is 2. The number of nitrogens with zero attached hydrogens (tertiary/aromatic N) is 6. The van der Waals surface area contributed by atoms with Crippen molar-refractivity contribution in [1.82, 2.24) is 24.8 Å². The van der Waals surface area contributed by atoms with E-state index in [1.807, 2.05) is 34.7 Å². The van der Waals surface area contributed by atoms with Gasteiger partial charge < -0.3 is 20.4 Å². The monoisotopic (exact) mass is 540 g/mol. The van der Waals surface area contributed by atoms with Gasteiger partial charge in [-0.1, -0.05) is 19.4 Å². The molecule has 4 heterocycles. The molecule has 1 fully saturated rings. The Balaban J connectivity index is 1.39. The molecule has 10 heteroatoms. The first kappa shape index (κ1) is 25.4. The van der Waals surface area contributed by atoms with Gasteiger partial charge in [-0.15, -0.1) is 11.3 Å². The van der Waals surface area contributed by atoms with Gasteiger partial charge in [0, 0.05) is 42.3 Å². The van der Waals surface area contributed by atoms with Crippen LogP contribution in [0, 0.1) is 0 Å². The minimum absolute atomic E-state index is 0.106. The lowest BCUT2D eigenvalue weighted by atomic mass is 10.0. The molecule has 0 bridgehead atoms. The highest BCUT2D eigenvalue weighted by Crippen LogP contribution is 2.32. The van der Waals surface area contributed by atoms with E-state index in [0.717, 1.165) is 64.0 Å². The lowest BCUT2D eigenvalue weighted by Crippen LogP contribution is -2.54. The van der Waals surface area contributed by atoms with Crippen molar-refractivity contribution in [2.24, 2.45) is 4.99 Å². The average Bonchev–Trinajstić information content (AvgIpc) is 3.58. The maximum atomic E-state index is 13.5. The van der Waals surface area contributed by atoms with Crippen molar-refractivity contribution in [2.45, 2.75) is 38.8 Å². The molecule has 200 valence electrons. The number of rotatable bonds is 6. The zero-order valence-corrected chi connectivity index (χ0v) is 23.2. The molecule has 39 heavy (non-hydrogen) atoms. The van der Waals surface area contributed by atoms with Crippen LogP contribution in [0.3, 0.4) is 0 Å². The van der Waals surface area contributed by atoms with Crippen molar-refractivity contribution in [3.63, 3.8) is 0 Å². The third-order valence-electron chi connectivity index (χ3n) is 7.34. The Morgan fingerprint density at radius 2 is 2.03 bits per heavy atom. The molecule has 0 spiro atoms. The van der Waals surface area contributed by atoms with Gasteiger partial charge in [-0.3, -0.25) is 4.99 Å². The number of fused-ring (bicyclic) bond motifs is 2. The molecule has 2 amide bonds. The van der Waals surface area contributed by atoms with Gasteiger partial charge in [-0.25, -0.2) is 19.7 Å². The van der Waals surface area contributed by atoms with Gasteiger partial charge in [0.15, 0.2) is 0 Å². The third kappa shape index (κ3) is 5.22. The molecule has 0 aliphatic carbocycles. The van der Waals surface area contributed by atoms with E-state index in [0.29, 0.717) is 18.1 Å². The van der Waals surface area contributed by atoms with E-state index in [-0.39, 0.29) is 18.1 Å². The average molecular weight is 541 g/mol. The highest BCUT2D eigenvalue weighted by molar-refractivity contribution is 7.16. The van der Waals surface area contributed by atoms with Crippen molar-refractivity contribution in [1.29, 1.82) is 0 Å². The molecular formula is C29H32N8OS. The summed E-state index contributed by atoms with van der Waals surface area (Å²) in [5, 5.41) is 7.49. The first-order chi connectivity index (χ1) is 19.0. The van der Waals surface area contributed by atoms with Crippen LogP contribution in [-0.2, 0) is 0 Å². The van der Waals surface area contributed by atoms with Crippen LogP contribution in [0.1, 0.15) is 32.3 Å². The smallest absolute Gasteiger partial charge is 0.322 e. The second-order valence-electron chi connectivity index (χ2n) is 10.3. The lowest BCUT2D eigenvalue weighted by Gasteiger charge is -2.38. The predicted molar refractivity (Wildman–Crippen MR) is 159 cm³/mol. The SMILES string of the molecule is CCCC1C=CC(c2cc3ncnc(Nc4ccc5ncsc5c4)c3cc2NC(=O)N2CCN(C)C[C@H]2C)=N1. The molecule has 2 aromatic heterocycles. The maximum absolute atomic E-state index is 13.5. The first-order valence-corrected chi connectivity index (χ1v) is 14.3. The Labute approximate surface area is 231 Å². The fraction of sp³-hybridized carbons (Fsp3) is 0.345. The minimum Gasteiger partial charge on any atom is -0.340 e. The standard InChI is InChI=1S/C29H32N8OS/c1-4-5-19-6-8-23(33-19)21-13-25-22(14-26(21)35-29(38)37-11-10-36(3)15-18(37)2)28(31-16-30-25)34-20-7-9-24-27(12-20)39-17-32-24/h6-9,12-14,16-19H,4-5,10-11,15H2,1-3H3,(H,35,38)(H,30,31,34)/t18-,19?/m1/s1. The molecular weight excluding hydrogens is 508 g/mol. The third-order valence-corrected chi connectivity index (χ3v) is 8.13. The second kappa shape index (κ2) is 10.7. The number of carbonyl (C=O) groups excluding carboxylic acids is 1. The van der Waals surface area contributed by atoms with E-state index in [9.17, 15) is 4.79 Å². The van der Waals surface area contributed by atoms with Gasteiger partial charge in [0.2, 0.25) is 0 Å². The molecule has 0 saturated carbocycles. The maximum Gasteiger partial charge on any atom is 0.322 e. The number of allylic oxidation sites excluding steroid dienone is 1. The highest BCUT2D eigenvalue weighted by atomic mass is 32.1. The van der Waals surface area contributed by atoms with Crippen LogP contribution in [-0.4, -0.2) is 75.3 Å². The number of thiazole rings is 1. The Bertz CT molecular complexity index is 1600. The largest absolute Gasteiger partial charge is 0.340 e. The van der Waals surface area contributed by atoms with Gasteiger partial charge in [0.1, 0.15) is 12.1 Å². The molecule has 2 atom stereocenters. The topological polar surface area (TPSA) is 98.6 Å². The van der Waals surface area contributed by atoms with Gasteiger partial charge >= 0.3 is 6.03 Å². The number of likely N-dealkylation sites (N-methyl/N-ethyl adjacent to an activating group) is 1. The van der Waals surface area contributed by atoms with Crippen LogP contribution >= 0.6 is 11.3 Å². The lowest BCUT2D eigenvalue weighted by molar-refractivity contribution is 0.125. The summed E-state index contributed by atoms with van der Waals surface area (Å²) >= 11 is 1.60. The molecule has 2 aromatic carbocycles. The number of hydrogen-bond donors (Lipinski definition) is 2. The molecule has 2 N–H and O–H groups in total. The Morgan fingerprint density at radius 1 is 1.13 bits per heavy atom. The summed E-state index contributed by atoms with van der Waals surface area (Å²) in [5.41, 5.74) is 6.94. The van der Waals surface area contributed by atoms with E-state index >= 15 is 0 Å². The van der Waals surface area contributed by atoms with E-state index in [4.69, 9.17) is 4.99 Å². The van der Waals surface area contributed by atoms with Gasteiger partial charge in [-0.05, 0) is 56.8 Å². The van der Waals surface area contributed by atoms with Gasteiger partial charge in [0.05, 0.1) is 38.7 Å². The summed E-state index contributed by atoms with van der Waals surface area (Å²) in [6, 6.07) is 10.2. The number of aliphatic imine (C=N–C) groups is 1. The molecule has 1 unspecified atom stereocenters. The predicted octanol–water partition coefficient (Wildman–Crippen LogP) is 5.68. The Kier molecular flexibility index (Phi) is 6.97. The van der Waals surface area contributed by atoms with Gasteiger partial charge in [0.25, 0.3) is 0 Å². The molecule has 0 radical (unpaired) electrons. The summed E-state index contributed by atoms with van der Waals surface area (Å²) in [6.45, 7) is 6.63. The molecule has 2 aliphatic rings. The fourth-order valence-electron chi connectivity index (χ4n) is 5.30. The molecule has 1 saturated heterocycles. The van der Waals surface area contributed by atoms with Crippen LogP contribution in [0.2, 0.25) is 0 Å². The highest BCUT2D eigenvalue weighted by Gasteiger charge is 2.27. The second-order valence-corrected chi connectivity index (χ2v) is 11.1. The van der Waals surface area contributed by atoms with E-state index in [2.05, 4.69) is 69.6 Å². The number of anilines is 3. The van der Waals surface area contributed by atoms with Crippen molar-refractivity contribution in [3.05, 3.63) is 59.9 Å². The molecule has 6 rings (SSSR count). The van der Waals surface area contributed by atoms with Crippen molar-refractivity contribution in [3.8, 4) is 0 Å². The summed E-state index contributed by atoms with van der Waals surface area (Å²) in [7, 11) is 2.09. The van der Waals surface area contributed by atoms with Crippen LogP contribution < -0.4 is 10.6 Å². The number of urea groups is 1. The number of carbonyl (C=O) groups is 1. The van der Waals surface area contributed by atoms with Crippen molar-refractivity contribution >= 4 is 61.4 Å². The number of piperazine rings is 1. The summed E-state index contributed by atoms with van der Waals surface area (Å²) < 4.78 is 1.10. The molecule has 2 aliphatic heterocycles. The molecule has 9 nitrogen and oxygen atoms in total. The summed E-state index contributed by atoms with van der Waals surface area (Å²) in [6.07, 6.45) is 7.81.